The van der Waals surface area contributed by atoms with Gasteiger partial charge in [0.05, 0.1) is 19.9 Å². The summed E-state index contributed by atoms with van der Waals surface area (Å²) >= 11 is 0. The highest BCUT2D eigenvalue weighted by molar-refractivity contribution is 5.67. The Bertz CT molecular complexity index is 953. The van der Waals surface area contributed by atoms with Crippen LogP contribution in [0.15, 0.2) is 36.7 Å². The van der Waals surface area contributed by atoms with Crippen molar-refractivity contribution < 1.29 is 22.6 Å². The Hall–Kier alpha value is -3.36. The van der Waals surface area contributed by atoms with Crippen LogP contribution in [0.5, 0.6) is 11.5 Å². The fraction of sp³-hybridized carbons (Fsp3) is 0.118. The minimum atomic E-state index is -1.41. The molecule has 0 aliphatic carbocycles. The Balaban J connectivity index is 1.93. The van der Waals surface area contributed by atoms with E-state index in [1.54, 1.807) is 18.2 Å². The summed E-state index contributed by atoms with van der Waals surface area (Å²) in [6.45, 7) is 0. The maximum Gasteiger partial charge on any atom is 0.251 e. The number of aromatic nitrogens is 3. The van der Waals surface area contributed by atoms with Crippen LogP contribution in [0.3, 0.4) is 0 Å². The maximum absolute atomic E-state index is 13.7. The van der Waals surface area contributed by atoms with Gasteiger partial charge in [-0.25, -0.2) is 18.7 Å². The van der Waals surface area contributed by atoms with Gasteiger partial charge in [-0.2, -0.15) is 9.37 Å². The molecular weight excluding hydrogens is 349 g/mol. The highest BCUT2D eigenvalue weighted by Gasteiger charge is 2.13. The highest BCUT2D eigenvalue weighted by atomic mass is 19.2. The number of ether oxygens (including phenoxy) is 2. The maximum atomic E-state index is 13.7. The van der Waals surface area contributed by atoms with Crippen molar-refractivity contribution >= 4 is 11.6 Å². The molecule has 26 heavy (non-hydrogen) atoms. The molecule has 0 amide bonds. The van der Waals surface area contributed by atoms with Crippen molar-refractivity contribution in [1.82, 2.24) is 15.0 Å². The first-order valence-electron chi connectivity index (χ1n) is 7.35. The Morgan fingerprint density at radius 3 is 2.38 bits per heavy atom. The second kappa shape index (κ2) is 7.26. The second-order valence-corrected chi connectivity index (χ2v) is 5.07. The van der Waals surface area contributed by atoms with E-state index in [1.807, 2.05) is 0 Å². The molecule has 3 rings (SSSR count). The van der Waals surface area contributed by atoms with Gasteiger partial charge >= 0.3 is 0 Å². The van der Waals surface area contributed by atoms with E-state index in [0.29, 0.717) is 28.8 Å². The van der Waals surface area contributed by atoms with Crippen molar-refractivity contribution in [2.45, 2.75) is 0 Å². The lowest BCUT2D eigenvalue weighted by molar-refractivity contribution is 0.355. The van der Waals surface area contributed by atoms with Crippen molar-refractivity contribution in [2.24, 2.45) is 0 Å². The highest BCUT2D eigenvalue weighted by Crippen LogP contribution is 2.32. The Morgan fingerprint density at radius 2 is 1.65 bits per heavy atom. The number of methoxy groups -OCH3 is 2. The Labute approximate surface area is 146 Å². The summed E-state index contributed by atoms with van der Waals surface area (Å²) in [7, 11) is 3.03. The van der Waals surface area contributed by atoms with Crippen LogP contribution in [-0.2, 0) is 0 Å². The normalized spacial score (nSPS) is 10.5. The molecule has 1 aromatic carbocycles. The molecule has 0 saturated heterocycles. The summed E-state index contributed by atoms with van der Waals surface area (Å²) in [5.74, 6) is -3.11. The van der Waals surface area contributed by atoms with Gasteiger partial charge in [0.25, 0.3) is 5.95 Å². The third-order valence-corrected chi connectivity index (χ3v) is 3.48. The number of nitrogens with one attached hydrogen (secondary N) is 1. The molecule has 1 N–H and O–H groups in total. The second-order valence-electron chi connectivity index (χ2n) is 5.07. The van der Waals surface area contributed by atoms with Gasteiger partial charge in [-0.3, -0.25) is 0 Å². The van der Waals surface area contributed by atoms with Gasteiger partial charge in [-0.15, -0.1) is 0 Å². The zero-order valence-corrected chi connectivity index (χ0v) is 13.8. The summed E-state index contributed by atoms with van der Waals surface area (Å²) in [5, 5.41) is 2.50. The lowest BCUT2D eigenvalue weighted by Gasteiger charge is -2.10. The van der Waals surface area contributed by atoms with Gasteiger partial charge in [-0.1, -0.05) is 0 Å². The first-order chi connectivity index (χ1) is 12.5. The fourth-order valence-corrected chi connectivity index (χ4v) is 2.23. The number of nitrogens with zero attached hydrogens (tertiary/aromatic N) is 3. The van der Waals surface area contributed by atoms with E-state index in [1.165, 1.54) is 26.6 Å². The van der Waals surface area contributed by atoms with E-state index in [4.69, 9.17) is 9.47 Å². The molecule has 134 valence electrons. The van der Waals surface area contributed by atoms with Gasteiger partial charge in [-0.05, 0) is 18.2 Å². The van der Waals surface area contributed by atoms with Crippen LogP contribution in [0.2, 0.25) is 0 Å². The first kappa shape index (κ1) is 17.5. The predicted octanol–water partition coefficient (Wildman–Crippen LogP) is 3.72. The molecular formula is C17H13F3N4O2. The van der Waals surface area contributed by atoms with Crippen molar-refractivity contribution in [3.05, 3.63) is 54.2 Å². The zero-order chi connectivity index (χ0) is 18.7. The van der Waals surface area contributed by atoms with Crippen LogP contribution in [0, 0.1) is 17.6 Å². The molecule has 2 aromatic heterocycles. The molecule has 0 atom stereocenters. The third kappa shape index (κ3) is 3.51. The molecule has 3 aromatic rings. The molecule has 0 bridgehead atoms. The largest absolute Gasteiger partial charge is 0.493 e. The standard InChI is InChI=1S/C17H13F3N4O2/c1-25-13-4-3-9(5-14(13)26-2)12-7-15(22-8-21-12)23-17-11(19)6-10(18)16(20)24-17/h3-8H,1-2H3,(H,21,22,23,24). The van der Waals surface area contributed by atoms with E-state index < -0.39 is 23.4 Å². The summed E-state index contributed by atoms with van der Waals surface area (Å²) in [6.07, 6.45) is 1.24. The van der Waals surface area contributed by atoms with Crippen molar-refractivity contribution in [3.63, 3.8) is 0 Å². The molecule has 0 aliphatic heterocycles. The van der Waals surface area contributed by atoms with Gasteiger partial charge in [0, 0.05) is 17.7 Å². The molecule has 6 nitrogen and oxygen atoms in total. The lowest BCUT2D eigenvalue weighted by Crippen LogP contribution is -2.03. The van der Waals surface area contributed by atoms with Gasteiger partial charge in [0.2, 0.25) is 0 Å². The van der Waals surface area contributed by atoms with Crippen LogP contribution < -0.4 is 14.8 Å². The molecule has 0 fully saturated rings. The van der Waals surface area contributed by atoms with Crippen LogP contribution >= 0.6 is 0 Å². The number of anilines is 2. The summed E-state index contributed by atoms with van der Waals surface area (Å²) < 4.78 is 50.3. The van der Waals surface area contributed by atoms with Crippen molar-refractivity contribution in [1.29, 1.82) is 0 Å². The van der Waals surface area contributed by atoms with Crippen LogP contribution in [0.25, 0.3) is 11.3 Å². The number of halogens is 3. The first-order valence-corrected chi connectivity index (χ1v) is 7.35. The number of pyridine rings is 1. The Kier molecular flexibility index (Phi) is 4.87. The molecule has 0 aliphatic rings. The molecule has 0 spiro atoms. The number of hydrogen-bond donors (Lipinski definition) is 1. The van der Waals surface area contributed by atoms with Gasteiger partial charge in [0.1, 0.15) is 12.1 Å². The molecule has 0 radical (unpaired) electrons. The smallest absolute Gasteiger partial charge is 0.251 e. The summed E-state index contributed by atoms with van der Waals surface area (Å²) in [4.78, 5) is 11.3. The average Bonchev–Trinajstić information content (AvgIpc) is 2.65. The third-order valence-electron chi connectivity index (χ3n) is 3.48. The van der Waals surface area contributed by atoms with Crippen LogP contribution in [0.4, 0.5) is 24.8 Å². The van der Waals surface area contributed by atoms with E-state index >= 15 is 0 Å². The quantitative estimate of drug-likeness (QED) is 0.698. The van der Waals surface area contributed by atoms with E-state index in [2.05, 4.69) is 20.3 Å². The fourth-order valence-electron chi connectivity index (χ4n) is 2.23. The number of hydrogen-bond acceptors (Lipinski definition) is 6. The van der Waals surface area contributed by atoms with Crippen molar-refractivity contribution in [3.8, 4) is 22.8 Å². The lowest BCUT2D eigenvalue weighted by atomic mass is 10.1. The van der Waals surface area contributed by atoms with E-state index in [9.17, 15) is 13.2 Å². The summed E-state index contributed by atoms with van der Waals surface area (Å²) in [5.41, 5.74) is 1.18. The van der Waals surface area contributed by atoms with E-state index in [0.717, 1.165) is 0 Å². The minimum Gasteiger partial charge on any atom is -0.493 e. The Morgan fingerprint density at radius 1 is 0.885 bits per heavy atom. The van der Waals surface area contributed by atoms with E-state index in [-0.39, 0.29) is 5.82 Å². The topological polar surface area (TPSA) is 69.2 Å². The average molecular weight is 362 g/mol. The zero-order valence-electron chi connectivity index (χ0n) is 13.8. The number of benzene rings is 1. The van der Waals surface area contributed by atoms with Crippen LogP contribution in [0.1, 0.15) is 0 Å². The molecule has 0 saturated carbocycles. The van der Waals surface area contributed by atoms with Gasteiger partial charge < -0.3 is 14.8 Å². The minimum absolute atomic E-state index is 0.155. The molecule has 2 heterocycles. The van der Waals surface area contributed by atoms with Crippen LogP contribution in [-0.4, -0.2) is 29.2 Å². The van der Waals surface area contributed by atoms with Crippen molar-refractivity contribution in [2.75, 3.05) is 19.5 Å². The predicted molar refractivity (Wildman–Crippen MR) is 88.0 cm³/mol. The monoisotopic (exact) mass is 362 g/mol. The summed E-state index contributed by atoms with van der Waals surface area (Å²) in [6, 6.07) is 7.08. The molecule has 0 unspecified atom stereocenters. The molecule has 9 heteroatoms. The number of rotatable bonds is 5. The van der Waals surface area contributed by atoms with Gasteiger partial charge in [0.15, 0.2) is 29.0 Å². The SMILES string of the molecule is COc1ccc(-c2cc(Nc3nc(F)c(F)cc3F)ncn2)cc1OC.